The molecule has 0 spiro atoms. The first-order chi connectivity index (χ1) is 9.95. The number of carbonyl (C=O) groups is 2. The highest BCUT2D eigenvalue weighted by molar-refractivity contribution is 6.35. The number of hydrogen-bond acceptors (Lipinski definition) is 3. The van der Waals surface area contributed by atoms with Gasteiger partial charge in [0.15, 0.2) is 0 Å². The second-order valence-electron chi connectivity index (χ2n) is 5.07. The van der Waals surface area contributed by atoms with E-state index in [-0.39, 0.29) is 24.3 Å². The Bertz CT molecular complexity index is 523. The lowest BCUT2D eigenvalue weighted by Crippen LogP contribution is -2.43. The van der Waals surface area contributed by atoms with Crippen molar-refractivity contribution in [1.82, 2.24) is 4.90 Å². The van der Waals surface area contributed by atoms with Crippen molar-refractivity contribution in [3.05, 3.63) is 28.2 Å². The van der Waals surface area contributed by atoms with Crippen molar-refractivity contribution in [1.29, 1.82) is 0 Å². The maximum Gasteiger partial charge on any atom is 0.241 e. The van der Waals surface area contributed by atoms with Crippen molar-refractivity contribution in [2.45, 2.75) is 12.8 Å². The molecular weight excluding hydrogens is 313 g/mol. The fraction of sp³-hybridized carbons (Fsp3) is 0.429. The molecule has 5 nitrogen and oxygen atoms in total. The normalized spacial score (nSPS) is 15.8. The number of amides is 2. The molecule has 1 aromatic carbocycles. The van der Waals surface area contributed by atoms with E-state index in [0.29, 0.717) is 41.7 Å². The third-order valence-electron chi connectivity index (χ3n) is 3.56. The number of benzene rings is 1. The molecule has 0 bridgehead atoms. The molecule has 1 aromatic rings. The van der Waals surface area contributed by atoms with E-state index in [9.17, 15) is 9.59 Å². The summed E-state index contributed by atoms with van der Waals surface area (Å²) in [6.45, 7) is 1.28. The average Bonchev–Trinajstić information content (AvgIpc) is 2.44. The Balaban J connectivity index is 1.84. The van der Waals surface area contributed by atoms with E-state index in [2.05, 4.69) is 5.32 Å². The minimum absolute atomic E-state index is 0.0194. The Kier molecular flexibility index (Phi) is 5.31. The summed E-state index contributed by atoms with van der Waals surface area (Å²) in [4.78, 5) is 24.9. The first-order valence-corrected chi connectivity index (χ1v) is 7.48. The molecule has 7 heteroatoms. The summed E-state index contributed by atoms with van der Waals surface area (Å²) in [5, 5.41) is 4.03. The van der Waals surface area contributed by atoms with Crippen LogP contribution < -0.4 is 11.1 Å². The first-order valence-electron chi connectivity index (χ1n) is 6.73. The van der Waals surface area contributed by atoms with Crippen LogP contribution in [0.1, 0.15) is 12.8 Å². The van der Waals surface area contributed by atoms with Gasteiger partial charge in [-0.1, -0.05) is 23.2 Å². The Morgan fingerprint density at radius 3 is 2.29 bits per heavy atom. The SMILES string of the molecule is NC(=O)C1CCN(C(=O)CNc2cc(Cl)cc(Cl)c2)CC1. The topological polar surface area (TPSA) is 75.4 Å². The van der Waals surface area contributed by atoms with E-state index in [1.165, 1.54) is 0 Å². The van der Waals surface area contributed by atoms with Crippen LogP contribution in [0.2, 0.25) is 10.0 Å². The van der Waals surface area contributed by atoms with Crippen LogP contribution >= 0.6 is 23.2 Å². The molecule has 21 heavy (non-hydrogen) atoms. The quantitative estimate of drug-likeness (QED) is 0.888. The van der Waals surface area contributed by atoms with Crippen LogP contribution in [0.15, 0.2) is 18.2 Å². The summed E-state index contributed by atoms with van der Waals surface area (Å²) in [6.07, 6.45) is 1.26. The van der Waals surface area contributed by atoms with Crippen LogP contribution in [0, 0.1) is 5.92 Å². The molecule has 0 atom stereocenters. The van der Waals surface area contributed by atoms with Gasteiger partial charge in [-0.2, -0.15) is 0 Å². The number of nitrogens with zero attached hydrogens (tertiary/aromatic N) is 1. The number of primary amides is 1. The van der Waals surface area contributed by atoms with Gasteiger partial charge in [-0.05, 0) is 31.0 Å². The van der Waals surface area contributed by atoms with E-state index < -0.39 is 0 Å². The molecule has 114 valence electrons. The van der Waals surface area contributed by atoms with Crippen LogP contribution in [0.5, 0.6) is 0 Å². The number of likely N-dealkylation sites (tertiary alicyclic amines) is 1. The lowest BCUT2D eigenvalue weighted by molar-refractivity contribution is -0.133. The maximum absolute atomic E-state index is 12.1. The van der Waals surface area contributed by atoms with E-state index in [1.54, 1.807) is 23.1 Å². The van der Waals surface area contributed by atoms with Crippen LogP contribution in [-0.2, 0) is 9.59 Å². The number of nitrogens with two attached hydrogens (primary N) is 1. The van der Waals surface area contributed by atoms with Crippen molar-refractivity contribution in [3.8, 4) is 0 Å². The third kappa shape index (κ3) is 4.51. The van der Waals surface area contributed by atoms with Crippen LogP contribution in [0.3, 0.4) is 0 Å². The second kappa shape index (κ2) is 7.00. The van der Waals surface area contributed by atoms with Crippen molar-refractivity contribution in [2.75, 3.05) is 25.0 Å². The predicted molar refractivity (Wildman–Crippen MR) is 83.5 cm³/mol. The standard InChI is InChI=1S/C14H17Cl2N3O2/c15-10-5-11(16)7-12(6-10)18-8-13(20)19-3-1-9(2-4-19)14(17)21/h5-7,9,18H,1-4,8H2,(H2,17,21). The minimum Gasteiger partial charge on any atom is -0.376 e. The first kappa shape index (κ1) is 15.9. The number of halogens is 2. The summed E-state index contributed by atoms with van der Waals surface area (Å²) in [5.74, 6) is -0.420. The van der Waals surface area contributed by atoms with Gasteiger partial charge in [0.25, 0.3) is 0 Å². The Labute approximate surface area is 133 Å². The summed E-state index contributed by atoms with van der Waals surface area (Å²) in [7, 11) is 0. The van der Waals surface area contributed by atoms with Crippen molar-refractivity contribution in [2.24, 2.45) is 11.7 Å². The fourth-order valence-electron chi connectivity index (χ4n) is 2.36. The summed E-state index contributed by atoms with van der Waals surface area (Å²) in [5.41, 5.74) is 5.97. The molecule has 1 aliphatic rings. The van der Waals surface area contributed by atoms with Crippen molar-refractivity contribution >= 4 is 40.7 Å². The Morgan fingerprint density at radius 2 is 1.76 bits per heavy atom. The highest BCUT2D eigenvalue weighted by Gasteiger charge is 2.25. The summed E-state index contributed by atoms with van der Waals surface area (Å²) in [6, 6.07) is 5.05. The molecule has 2 amide bonds. The highest BCUT2D eigenvalue weighted by atomic mass is 35.5. The van der Waals surface area contributed by atoms with Gasteiger partial charge in [-0.25, -0.2) is 0 Å². The number of hydrogen-bond donors (Lipinski definition) is 2. The Hall–Kier alpha value is -1.46. The smallest absolute Gasteiger partial charge is 0.241 e. The zero-order chi connectivity index (χ0) is 15.4. The molecule has 0 unspecified atom stereocenters. The van der Waals surface area contributed by atoms with Gasteiger partial charge in [0.05, 0.1) is 6.54 Å². The molecular formula is C14H17Cl2N3O2. The number of carbonyl (C=O) groups excluding carboxylic acids is 2. The number of anilines is 1. The zero-order valence-corrected chi connectivity index (χ0v) is 13.0. The molecule has 1 saturated heterocycles. The predicted octanol–water partition coefficient (Wildman–Crippen LogP) is 2.13. The lowest BCUT2D eigenvalue weighted by atomic mass is 9.96. The van der Waals surface area contributed by atoms with Gasteiger partial charge in [-0.3, -0.25) is 9.59 Å². The molecule has 0 saturated carbocycles. The van der Waals surface area contributed by atoms with Gasteiger partial charge in [0, 0.05) is 34.7 Å². The van der Waals surface area contributed by atoms with E-state index in [0.717, 1.165) is 0 Å². The molecule has 0 aliphatic carbocycles. The highest BCUT2D eigenvalue weighted by Crippen LogP contribution is 2.22. The van der Waals surface area contributed by atoms with Crippen molar-refractivity contribution < 1.29 is 9.59 Å². The third-order valence-corrected chi connectivity index (χ3v) is 3.99. The lowest BCUT2D eigenvalue weighted by Gasteiger charge is -2.30. The number of rotatable bonds is 4. The largest absolute Gasteiger partial charge is 0.376 e. The van der Waals surface area contributed by atoms with Gasteiger partial charge in [0.1, 0.15) is 0 Å². The van der Waals surface area contributed by atoms with Gasteiger partial charge in [-0.15, -0.1) is 0 Å². The number of nitrogens with one attached hydrogen (secondary N) is 1. The number of piperidine rings is 1. The van der Waals surface area contributed by atoms with E-state index in [1.807, 2.05) is 0 Å². The monoisotopic (exact) mass is 329 g/mol. The van der Waals surface area contributed by atoms with E-state index in [4.69, 9.17) is 28.9 Å². The van der Waals surface area contributed by atoms with Gasteiger partial charge >= 0.3 is 0 Å². The zero-order valence-electron chi connectivity index (χ0n) is 11.4. The molecule has 0 radical (unpaired) electrons. The van der Waals surface area contributed by atoms with Gasteiger partial charge < -0.3 is 16.0 Å². The maximum atomic E-state index is 12.1. The van der Waals surface area contributed by atoms with E-state index >= 15 is 0 Å². The van der Waals surface area contributed by atoms with Gasteiger partial charge in [0.2, 0.25) is 11.8 Å². The van der Waals surface area contributed by atoms with Crippen molar-refractivity contribution in [3.63, 3.8) is 0 Å². The summed E-state index contributed by atoms with van der Waals surface area (Å²) < 4.78 is 0. The molecule has 1 fully saturated rings. The molecule has 1 heterocycles. The molecule has 1 aliphatic heterocycles. The van der Waals surface area contributed by atoms with Crippen LogP contribution in [0.4, 0.5) is 5.69 Å². The molecule has 2 rings (SSSR count). The van der Waals surface area contributed by atoms with Crippen LogP contribution in [0.25, 0.3) is 0 Å². The van der Waals surface area contributed by atoms with Crippen LogP contribution in [-0.4, -0.2) is 36.3 Å². The molecule has 0 aromatic heterocycles. The second-order valence-corrected chi connectivity index (χ2v) is 5.94. The Morgan fingerprint density at radius 1 is 1.19 bits per heavy atom. The fourth-order valence-corrected chi connectivity index (χ4v) is 2.88. The molecule has 3 N–H and O–H groups in total. The minimum atomic E-state index is -0.284. The summed E-state index contributed by atoms with van der Waals surface area (Å²) >= 11 is 11.8. The average molecular weight is 330 g/mol.